The van der Waals surface area contributed by atoms with Gasteiger partial charge >= 0.3 is 0 Å². The Morgan fingerprint density at radius 1 is 1.11 bits per heavy atom. The first-order valence-corrected chi connectivity index (χ1v) is 11.1. The van der Waals surface area contributed by atoms with Crippen LogP contribution in [-0.4, -0.2) is 57.2 Å². The summed E-state index contributed by atoms with van der Waals surface area (Å²) in [5.74, 6) is 3.11. The van der Waals surface area contributed by atoms with Gasteiger partial charge in [0.25, 0.3) is 0 Å². The minimum Gasteiger partial charge on any atom is -0.495 e. The standard InChI is InChI=1S/C23H35N3O2/c1-28-22-9-3-2-8-21(22)26-16-14-25(15-17-26)13-5-12-24-23(27)20-11-10-18-6-4-7-19(18)20/h2-3,8-9,18-20H,4-7,10-17H2,1H3,(H,24,27)/t18-,19-,20?/m0/s1. The number of amides is 1. The van der Waals surface area contributed by atoms with Crippen LogP contribution < -0.4 is 15.0 Å². The van der Waals surface area contributed by atoms with Crippen molar-refractivity contribution in [3.05, 3.63) is 24.3 Å². The Labute approximate surface area is 169 Å². The van der Waals surface area contributed by atoms with Crippen molar-refractivity contribution >= 4 is 11.6 Å². The van der Waals surface area contributed by atoms with Gasteiger partial charge in [0.15, 0.2) is 0 Å². The quantitative estimate of drug-likeness (QED) is 0.733. The van der Waals surface area contributed by atoms with Crippen LogP contribution in [0.2, 0.25) is 0 Å². The summed E-state index contributed by atoms with van der Waals surface area (Å²) in [6.45, 7) is 6.07. The zero-order valence-corrected chi connectivity index (χ0v) is 17.2. The predicted molar refractivity (Wildman–Crippen MR) is 113 cm³/mol. The number of rotatable bonds is 7. The first kappa shape index (κ1) is 19.6. The number of benzene rings is 1. The van der Waals surface area contributed by atoms with E-state index in [2.05, 4.69) is 27.2 Å². The van der Waals surface area contributed by atoms with Gasteiger partial charge in [-0.3, -0.25) is 9.69 Å². The van der Waals surface area contributed by atoms with Crippen LogP contribution in [0.4, 0.5) is 5.69 Å². The molecule has 1 unspecified atom stereocenters. The number of hydrogen-bond acceptors (Lipinski definition) is 4. The van der Waals surface area contributed by atoms with E-state index in [0.29, 0.717) is 17.7 Å². The smallest absolute Gasteiger partial charge is 0.223 e. The first-order valence-electron chi connectivity index (χ1n) is 11.1. The molecule has 2 aliphatic carbocycles. The Bertz CT molecular complexity index is 657. The van der Waals surface area contributed by atoms with Crippen molar-refractivity contribution in [3.8, 4) is 5.75 Å². The SMILES string of the molecule is COc1ccccc1N1CCN(CCCNC(=O)C2CC[C@@H]3CCC[C@H]23)CC1. The van der Waals surface area contributed by atoms with E-state index in [1.807, 2.05) is 12.1 Å². The molecule has 5 heteroatoms. The summed E-state index contributed by atoms with van der Waals surface area (Å²) in [6.07, 6.45) is 7.40. The molecule has 1 aromatic rings. The van der Waals surface area contributed by atoms with Gasteiger partial charge in [-0.25, -0.2) is 0 Å². The second-order valence-electron chi connectivity index (χ2n) is 8.68. The number of nitrogens with zero attached hydrogens (tertiary/aromatic N) is 2. The minimum absolute atomic E-state index is 0.303. The molecule has 4 rings (SSSR count). The number of hydrogen-bond donors (Lipinski definition) is 1. The molecule has 1 aromatic carbocycles. The zero-order valence-electron chi connectivity index (χ0n) is 17.2. The van der Waals surface area contributed by atoms with Gasteiger partial charge in [0.2, 0.25) is 5.91 Å². The van der Waals surface area contributed by atoms with Gasteiger partial charge in [-0.05, 0) is 56.2 Å². The van der Waals surface area contributed by atoms with Crippen LogP contribution in [0.5, 0.6) is 5.75 Å². The Morgan fingerprint density at radius 2 is 1.93 bits per heavy atom. The van der Waals surface area contributed by atoms with Crippen molar-refractivity contribution in [2.24, 2.45) is 17.8 Å². The number of methoxy groups -OCH3 is 1. The second-order valence-corrected chi connectivity index (χ2v) is 8.68. The van der Waals surface area contributed by atoms with E-state index in [-0.39, 0.29) is 0 Å². The van der Waals surface area contributed by atoms with Gasteiger partial charge in [-0.1, -0.05) is 25.0 Å². The average molecular weight is 386 g/mol. The molecule has 3 aliphatic rings. The predicted octanol–water partition coefficient (Wildman–Crippen LogP) is 3.15. The number of carbonyl (C=O) groups excluding carboxylic acids is 1. The fraction of sp³-hybridized carbons (Fsp3) is 0.696. The molecule has 1 heterocycles. The lowest BCUT2D eigenvalue weighted by molar-refractivity contribution is -0.126. The van der Waals surface area contributed by atoms with Crippen LogP contribution in [0.1, 0.15) is 38.5 Å². The normalized spacial score (nSPS) is 27.6. The molecule has 154 valence electrons. The van der Waals surface area contributed by atoms with Gasteiger partial charge in [0.1, 0.15) is 5.75 Å². The van der Waals surface area contributed by atoms with Crippen LogP contribution in [-0.2, 0) is 4.79 Å². The molecule has 3 atom stereocenters. The summed E-state index contributed by atoms with van der Waals surface area (Å²) < 4.78 is 5.50. The molecule has 1 saturated heterocycles. The highest BCUT2D eigenvalue weighted by atomic mass is 16.5. The van der Waals surface area contributed by atoms with Crippen LogP contribution in [0.3, 0.4) is 0 Å². The lowest BCUT2D eigenvalue weighted by Crippen LogP contribution is -2.47. The number of piperazine rings is 1. The van der Waals surface area contributed by atoms with E-state index < -0.39 is 0 Å². The molecule has 3 fully saturated rings. The number of para-hydroxylation sites is 2. The van der Waals surface area contributed by atoms with Crippen molar-refractivity contribution in [2.45, 2.75) is 38.5 Å². The van der Waals surface area contributed by atoms with Crippen molar-refractivity contribution in [1.82, 2.24) is 10.2 Å². The maximum Gasteiger partial charge on any atom is 0.223 e. The molecule has 5 nitrogen and oxygen atoms in total. The number of anilines is 1. The largest absolute Gasteiger partial charge is 0.495 e. The molecule has 1 N–H and O–H groups in total. The van der Waals surface area contributed by atoms with Gasteiger partial charge < -0.3 is 15.0 Å². The number of nitrogens with one attached hydrogen (secondary N) is 1. The fourth-order valence-corrected chi connectivity index (χ4v) is 5.64. The van der Waals surface area contributed by atoms with Crippen LogP contribution in [0, 0.1) is 17.8 Å². The molecule has 0 bridgehead atoms. The summed E-state index contributed by atoms with van der Waals surface area (Å²) in [6, 6.07) is 8.26. The molecule has 0 radical (unpaired) electrons. The van der Waals surface area contributed by atoms with Crippen molar-refractivity contribution in [1.29, 1.82) is 0 Å². The second kappa shape index (κ2) is 9.17. The molecule has 0 aromatic heterocycles. The molecular weight excluding hydrogens is 350 g/mol. The van der Waals surface area contributed by atoms with Gasteiger partial charge in [0, 0.05) is 38.6 Å². The third-order valence-corrected chi connectivity index (χ3v) is 7.17. The molecule has 1 aliphatic heterocycles. The van der Waals surface area contributed by atoms with Gasteiger partial charge in [0.05, 0.1) is 12.8 Å². The summed E-state index contributed by atoms with van der Waals surface area (Å²) >= 11 is 0. The minimum atomic E-state index is 0.303. The van der Waals surface area contributed by atoms with E-state index in [1.54, 1.807) is 7.11 Å². The third-order valence-electron chi connectivity index (χ3n) is 7.17. The van der Waals surface area contributed by atoms with Crippen molar-refractivity contribution in [2.75, 3.05) is 51.3 Å². The number of fused-ring (bicyclic) bond motifs is 1. The average Bonchev–Trinajstić information content (AvgIpc) is 3.35. The maximum atomic E-state index is 12.6. The highest BCUT2D eigenvalue weighted by Crippen LogP contribution is 2.47. The van der Waals surface area contributed by atoms with E-state index in [1.165, 1.54) is 31.4 Å². The number of carbonyl (C=O) groups is 1. The highest BCUT2D eigenvalue weighted by molar-refractivity contribution is 5.79. The lowest BCUT2D eigenvalue weighted by atomic mass is 9.91. The Kier molecular flexibility index (Phi) is 6.40. The summed E-state index contributed by atoms with van der Waals surface area (Å²) in [4.78, 5) is 17.5. The Balaban J connectivity index is 1.15. The van der Waals surface area contributed by atoms with Gasteiger partial charge in [-0.2, -0.15) is 0 Å². The van der Waals surface area contributed by atoms with Crippen molar-refractivity contribution < 1.29 is 9.53 Å². The topological polar surface area (TPSA) is 44.8 Å². The number of ether oxygens (including phenoxy) is 1. The zero-order chi connectivity index (χ0) is 19.3. The molecule has 0 spiro atoms. The molecule has 1 amide bonds. The third kappa shape index (κ3) is 4.29. The van der Waals surface area contributed by atoms with Crippen LogP contribution >= 0.6 is 0 Å². The maximum absolute atomic E-state index is 12.6. The van der Waals surface area contributed by atoms with E-state index in [9.17, 15) is 4.79 Å². The summed E-state index contributed by atoms with van der Waals surface area (Å²) in [7, 11) is 1.74. The van der Waals surface area contributed by atoms with E-state index in [4.69, 9.17) is 4.74 Å². The highest BCUT2D eigenvalue weighted by Gasteiger charge is 2.42. The molecular formula is C23H35N3O2. The lowest BCUT2D eigenvalue weighted by Gasteiger charge is -2.36. The summed E-state index contributed by atoms with van der Waals surface area (Å²) in [5, 5.41) is 3.23. The van der Waals surface area contributed by atoms with E-state index in [0.717, 1.165) is 63.8 Å². The van der Waals surface area contributed by atoms with Crippen LogP contribution in [0.15, 0.2) is 24.3 Å². The van der Waals surface area contributed by atoms with E-state index >= 15 is 0 Å². The van der Waals surface area contributed by atoms with Crippen LogP contribution in [0.25, 0.3) is 0 Å². The monoisotopic (exact) mass is 385 g/mol. The van der Waals surface area contributed by atoms with Gasteiger partial charge in [-0.15, -0.1) is 0 Å². The summed E-state index contributed by atoms with van der Waals surface area (Å²) in [5.41, 5.74) is 1.19. The Morgan fingerprint density at radius 3 is 2.75 bits per heavy atom. The Hall–Kier alpha value is -1.75. The first-order chi connectivity index (χ1) is 13.8. The molecule has 2 saturated carbocycles. The fourth-order valence-electron chi connectivity index (χ4n) is 5.64. The molecule has 28 heavy (non-hydrogen) atoms. The van der Waals surface area contributed by atoms with Crippen molar-refractivity contribution in [3.63, 3.8) is 0 Å².